The summed E-state index contributed by atoms with van der Waals surface area (Å²) in [6.45, 7) is 1.73. The second-order valence-electron chi connectivity index (χ2n) is 5.00. The average molecular weight is 321 g/mol. The Morgan fingerprint density at radius 2 is 2.25 bits per heavy atom. The van der Waals surface area contributed by atoms with Crippen molar-refractivity contribution < 1.29 is 12.8 Å². The van der Waals surface area contributed by atoms with Crippen LogP contribution in [0, 0.1) is 11.7 Å². The van der Waals surface area contributed by atoms with Crippen LogP contribution >= 0.6 is 11.6 Å². The summed E-state index contributed by atoms with van der Waals surface area (Å²) in [5, 5.41) is 3.00. The van der Waals surface area contributed by atoms with E-state index in [1.807, 2.05) is 7.05 Å². The Balaban J connectivity index is 2.25. The molecule has 4 nitrogen and oxygen atoms in total. The first-order valence-corrected chi connectivity index (χ1v) is 8.36. The fourth-order valence-corrected chi connectivity index (χ4v) is 4.58. The van der Waals surface area contributed by atoms with Gasteiger partial charge in [-0.05, 0) is 50.6 Å². The van der Waals surface area contributed by atoms with Gasteiger partial charge in [-0.1, -0.05) is 11.6 Å². The minimum atomic E-state index is -3.65. The fraction of sp³-hybridized carbons (Fsp3) is 0.538. The Morgan fingerprint density at radius 1 is 1.50 bits per heavy atom. The second-order valence-corrected chi connectivity index (χ2v) is 7.32. The topological polar surface area (TPSA) is 49.4 Å². The molecule has 1 fully saturated rings. The van der Waals surface area contributed by atoms with Crippen LogP contribution in [0.25, 0.3) is 0 Å². The minimum Gasteiger partial charge on any atom is -0.319 e. The van der Waals surface area contributed by atoms with Crippen molar-refractivity contribution in [2.24, 2.45) is 5.92 Å². The molecule has 0 radical (unpaired) electrons. The molecule has 0 aliphatic carbocycles. The average Bonchev–Trinajstić information content (AvgIpc) is 2.39. The quantitative estimate of drug-likeness (QED) is 0.924. The van der Waals surface area contributed by atoms with E-state index in [9.17, 15) is 12.8 Å². The van der Waals surface area contributed by atoms with E-state index in [2.05, 4.69) is 5.32 Å². The molecule has 0 aromatic heterocycles. The van der Waals surface area contributed by atoms with Gasteiger partial charge in [0.1, 0.15) is 10.7 Å². The van der Waals surface area contributed by atoms with Gasteiger partial charge in [0.25, 0.3) is 0 Å². The summed E-state index contributed by atoms with van der Waals surface area (Å²) in [5.41, 5.74) is 0. The van der Waals surface area contributed by atoms with Crippen LogP contribution in [0.15, 0.2) is 23.1 Å². The van der Waals surface area contributed by atoms with E-state index in [4.69, 9.17) is 11.6 Å². The van der Waals surface area contributed by atoms with Crippen molar-refractivity contribution >= 4 is 21.6 Å². The summed E-state index contributed by atoms with van der Waals surface area (Å²) >= 11 is 5.87. The molecule has 1 aromatic carbocycles. The summed E-state index contributed by atoms with van der Waals surface area (Å²) in [5.74, 6) is -0.247. The maximum Gasteiger partial charge on any atom is 0.244 e. The second kappa shape index (κ2) is 6.39. The van der Waals surface area contributed by atoms with E-state index < -0.39 is 15.8 Å². The molecule has 1 N–H and O–H groups in total. The zero-order valence-corrected chi connectivity index (χ0v) is 12.8. The summed E-state index contributed by atoms with van der Waals surface area (Å²) in [6.07, 6.45) is 1.83. The predicted molar refractivity (Wildman–Crippen MR) is 76.8 cm³/mol. The number of nitrogens with one attached hydrogen (secondary N) is 1. The normalized spacial score (nSPS) is 21.1. The first-order valence-electron chi connectivity index (χ1n) is 6.55. The minimum absolute atomic E-state index is 0.0225. The van der Waals surface area contributed by atoms with Crippen LogP contribution in [0.4, 0.5) is 4.39 Å². The van der Waals surface area contributed by atoms with E-state index in [0.717, 1.165) is 31.5 Å². The van der Waals surface area contributed by atoms with Gasteiger partial charge in [-0.15, -0.1) is 0 Å². The summed E-state index contributed by atoms with van der Waals surface area (Å²) < 4.78 is 39.6. The highest BCUT2D eigenvalue weighted by molar-refractivity contribution is 7.89. The van der Waals surface area contributed by atoms with E-state index >= 15 is 0 Å². The summed E-state index contributed by atoms with van der Waals surface area (Å²) in [7, 11) is -1.80. The van der Waals surface area contributed by atoms with Crippen LogP contribution in [-0.4, -0.2) is 39.4 Å². The summed E-state index contributed by atoms with van der Waals surface area (Å²) in [6, 6.07) is 3.38. The van der Waals surface area contributed by atoms with E-state index in [0.29, 0.717) is 19.0 Å². The van der Waals surface area contributed by atoms with Crippen molar-refractivity contribution in [3.8, 4) is 0 Å². The molecule has 1 aliphatic rings. The molecule has 0 saturated carbocycles. The Hall–Kier alpha value is -0.690. The lowest BCUT2D eigenvalue weighted by Crippen LogP contribution is -2.42. The van der Waals surface area contributed by atoms with Gasteiger partial charge >= 0.3 is 0 Å². The highest BCUT2D eigenvalue weighted by atomic mass is 35.5. The first kappa shape index (κ1) is 15.7. The maximum absolute atomic E-state index is 13.0. The third-order valence-electron chi connectivity index (χ3n) is 3.49. The molecule has 1 aliphatic heterocycles. The van der Waals surface area contributed by atoms with Crippen LogP contribution in [-0.2, 0) is 10.0 Å². The van der Waals surface area contributed by atoms with Crippen LogP contribution in [0.5, 0.6) is 0 Å². The SMILES string of the molecule is CNC[C@@H]1CCCN(S(=O)(=O)c2ccc(F)cc2Cl)C1. The molecule has 0 bridgehead atoms. The lowest BCUT2D eigenvalue weighted by Gasteiger charge is -2.32. The van der Waals surface area contributed by atoms with Gasteiger partial charge in [0, 0.05) is 13.1 Å². The van der Waals surface area contributed by atoms with Crippen molar-refractivity contribution in [2.45, 2.75) is 17.7 Å². The monoisotopic (exact) mass is 320 g/mol. The standard InChI is InChI=1S/C13H18ClFN2O2S/c1-16-8-10-3-2-6-17(9-10)20(18,19)13-5-4-11(15)7-12(13)14/h4-5,7,10,16H,2-3,6,8-9H2,1H3/t10-/m0/s1. The van der Waals surface area contributed by atoms with Gasteiger partial charge in [0.15, 0.2) is 0 Å². The largest absolute Gasteiger partial charge is 0.319 e. The highest BCUT2D eigenvalue weighted by Gasteiger charge is 2.31. The van der Waals surface area contributed by atoms with Gasteiger partial charge in [0.2, 0.25) is 10.0 Å². The zero-order valence-electron chi connectivity index (χ0n) is 11.3. The van der Waals surface area contributed by atoms with Gasteiger partial charge < -0.3 is 5.32 Å². The molecular formula is C13H18ClFN2O2S. The molecule has 0 spiro atoms. The van der Waals surface area contributed by atoms with E-state index in [1.165, 1.54) is 10.4 Å². The molecule has 112 valence electrons. The Morgan fingerprint density at radius 3 is 2.90 bits per heavy atom. The van der Waals surface area contributed by atoms with Crippen LogP contribution in [0.1, 0.15) is 12.8 Å². The van der Waals surface area contributed by atoms with Crippen LogP contribution in [0.2, 0.25) is 5.02 Å². The van der Waals surface area contributed by atoms with Crippen LogP contribution in [0.3, 0.4) is 0 Å². The number of piperidine rings is 1. The molecule has 1 saturated heterocycles. The number of rotatable bonds is 4. The van der Waals surface area contributed by atoms with Crippen molar-refractivity contribution in [3.05, 3.63) is 29.0 Å². The number of nitrogens with zero attached hydrogens (tertiary/aromatic N) is 1. The molecule has 2 rings (SSSR count). The number of hydrogen-bond acceptors (Lipinski definition) is 3. The smallest absolute Gasteiger partial charge is 0.244 e. The number of hydrogen-bond donors (Lipinski definition) is 1. The molecule has 0 unspecified atom stereocenters. The van der Waals surface area contributed by atoms with Gasteiger partial charge in [0.05, 0.1) is 5.02 Å². The van der Waals surface area contributed by atoms with Crippen molar-refractivity contribution in [1.29, 1.82) is 0 Å². The lowest BCUT2D eigenvalue weighted by molar-refractivity contribution is 0.263. The molecule has 1 atom stereocenters. The molecule has 1 heterocycles. The maximum atomic E-state index is 13.0. The Labute approximate surface area is 124 Å². The molecule has 0 amide bonds. The third-order valence-corrected chi connectivity index (χ3v) is 5.83. The van der Waals surface area contributed by atoms with Crippen molar-refractivity contribution in [2.75, 3.05) is 26.7 Å². The molecule has 20 heavy (non-hydrogen) atoms. The number of halogens is 2. The van der Waals surface area contributed by atoms with Gasteiger partial charge in [-0.3, -0.25) is 0 Å². The highest BCUT2D eigenvalue weighted by Crippen LogP contribution is 2.28. The van der Waals surface area contributed by atoms with Crippen LogP contribution < -0.4 is 5.32 Å². The molecule has 7 heteroatoms. The third kappa shape index (κ3) is 3.31. The van der Waals surface area contributed by atoms with E-state index in [1.54, 1.807) is 0 Å². The van der Waals surface area contributed by atoms with E-state index in [-0.39, 0.29) is 9.92 Å². The zero-order chi connectivity index (χ0) is 14.8. The van der Waals surface area contributed by atoms with Gasteiger partial charge in [-0.2, -0.15) is 4.31 Å². The molecule has 1 aromatic rings. The number of sulfonamides is 1. The van der Waals surface area contributed by atoms with Crippen molar-refractivity contribution in [3.63, 3.8) is 0 Å². The predicted octanol–water partition coefficient (Wildman–Crippen LogP) is 2.10. The lowest BCUT2D eigenvalue weighted by atomic mass is 10.00. The Bertz CT molecular complexity index is 578. The summed E-state index contributed by atoms with van der Waals surface area (Å²) in [4.78, 5) is -0.0225. The fourth-order valence-electron chi connectivity index (χ4n) is 2.52. The number of benzene rings is 1. The van der Waals surface area contributed by atoms with Crippen molar-refractivity contribution in [1.82, 2.24) is 9.62 Å². The van der Waals surface area contributed by atoms with Gasteiger partial charge in [-0.25, -0.2) is 12.8 Å². The first-order chi connectivity index (χ1) is 9.45. The molecular weight excluding hydrogens is 303 g/mol. The Kier molecular flexibility index (Phi) is 5.01.